The van der Waals surface area contributed by atoms with Crippen LogP contribution in [0.15, 0.2) is 72.9 Å². The predicted molar refractivity (Wildman–Crippen MR) is 132 cm³/mol. The fraction of sp³-hybridized carbons (Fsp3) is 0.333. The fourth-order valence-electron chi connectivity index (χ4n) is 3.53. The normalized spacial score (nSPS) is 11.2. The number of pyridine rings is 1. The molecule has 1 heterocycles. The summed E-state index contributed by atoms with van der Waals surface area (Å²) in [4.78, 5) is 19.2. The highest BCUT2D eigenvalue weighted by atomic mass is 16.1. The predicted octanol–water partition coefficient (Wildman–Crippen LogP) is 6.84. The highest BCUT2D eigenvalue weighted by Gasteiger charge is 2.08. The van der Waals surface area contributed by atoms with Gasteiger partial charge in [-0.25, -0.2) is 0 Å². The number of amides is 1. The summed E-state index contributed by atoms with van der Waals surface area (Å²) in [6.07, 6.45) is 13.6. The van der Waals surface area contributed by atoms with Gasteiger partial charge in [-0.05, 0) is 62.1 Å². The van der Waals surface area contributed by atoms with Gasteiger partial charge >= 0.3 is 0 Å². The van der Waals surface area contributed by atoms with Gasteiger partial charge in [-0.3, -0.25) is 9.78 Å². The number of benzene rings is 2. The quantitative estimate of drug-likeness (QED) is 0.275. The molecule has 0 atom stereocenters. The third kappa shape index (κ3) is 6.95. The van der Waals surface area contributed by atoms with Gasteiger partial charge in [-0.1, -0.05) is 50.1 Å². The number of rotatable bonds is 11. The average Bonchev–Trinajstić information content (AvgIpc) is 2.80. The average molecular weight is 416 g/mol. The fourth-order valence-corrected chi connectivity index (χ4v) is 3.53. The van der Waals surface area contributed by atoms with Gasteiger partial charge in [0.1, 0.15) is 0 Å². The first-order valence-electron chi connectivity index (χ1n) is 11.3. The Morgan fingerprint density at radius 3 is 2.52 bits per heavy atom. The van der Waals surface area contributed by atoms with Crippen molar-refractivity contribution in [3.63, 3.8) is 0 Å². The molecule has 4 nitrogen and oxygen atoms in total. The first kappa shape index (κ1) is 22.5. The first-order valence-corrected chi connectivity index (χ1v) is 11.3. The zero-order chi connectivity index (χ0) is 21.9. The van der Waals surface area contributed by atoms with E-state index in [1.807, 2.05) is 54.6 Å². The largest absolute Gasteiger partial charge is 0.375 e. The minimum atomic E-state index is -0.125. The van der Waals surface area contributed by atoms with Crippen molar-refractivity contribution in [2.24, 2.45) is 0 Å². The van der Waals surface area contributed by atoms with Gasteiger partial charge in [0.15, 0.2) is 0 Å². The van der Waals surface area contributed by atoms with Crippen molar-refractivity contribution in [2.75, 3.05) is 23.8 Å². The molecule has 1 N–H and O–H groups in total. The lowest BCUT2D eigenvalue weighted by atomic mass is 10.1. The second-order valence-electron chi connectivity index (χ2n) is 7.95. The Kier molecular flexibility index (Phi) is 8.65. The zero-order valence-corrected chi connectivity index (χ0v) is 18.7. The number of carbonyl (C=O) groups is 1. The van der Waals surface area contributed by atoms with Crippen LogP contribution in [0.3, 0.4) is 0 Å². The van der Waals surface area contributed by atoms with Gasteiger partial charge in [0.2, 0.25) is 0 Å². The number of allylic oxidation sites excluding steroid dienone is 2. The molecule has 3 rings (SSSR count). The van der Waals surface area contributed by atoms with Crippen LogP contribution in [0.2, 0.25) is 0 Å². The number of nitrogens with one attached hydrogen (secondary N) is 1. The molecule has 0 aliphatic carbocycles. The number of unbranched alkanes of at least 4 members (excludes halogenated alkanes) is 4. The highest BCUT2D eigenvalue weighted by Crippen LogP contribution is 2.18. The molecule has 0 unspecified atom stereocenters. The van der Waals surface area contributed by atoms with Gasteiger partial charge in [-0.15, -0.1) is 0 Å². The number of carbonyl (C=O) groups excluding carboxylic acids is 1. The second-order valence-corrected chi connectivity index (χ2v) is 7.95. The monoisotopic (exact) mass is 415 g/mol. The number of hydrogen-bond acceptors (Lipinski definition) is 3. The van der Waals surface area contributed by atoms with Gasteiger partial charge < -0.3 is 10.2 Å². The van der Waals surface area contributed by atoms with Gasteiger partial charge in [0.05, 0.1) is 17.4 Å². The molecule has 1 aromatic heterocycles. The highest BCUT2D eigenvalue weighted by molar-refractivity contribution is 6.05. The summed E-state index contributed by atoms with van der Waals surface area (Å²) in [6.45, 7) is 3.23. The lowest BCUT2D eigenvalue weighted by molar-refractivity contribution is 0.102. The Balaban J connectivity index is 1.47. The molecule has 2 aromatic carbocycles. The van der Waals surface area contributed by atoms with E-state index in [1.54, 1.807) is 6.20 Å². The Morgan fingerprint density at radius 1 is 1.00 bits per heavy atom. The summed E-state index contributed by atoms with van der Waals surface area (Å²) < 4.78 is 0. The molecular weight excluding hydrogens is 382 g/mol. The maximum Gasteiger partial charge on any atom is 0.255 e. The van der Waals surface area contributed by atoms with Gasteiger partial charge in [0, 0.05) is 30.2 Å². The smallest absolute Gasteiger partial charge is 0.255 e. The molecule has 0 bridgehead atoms. The van der Waals surface area contributed by atoms with E-state index in [0.717, 1.165) is 36.0 Å². The molecule has 4 heteroatoms. The Hall–Kier alpha value is -3.14. The van der Waals surface area contributed by atoms with Crippen LogP contribution in [0.25, 0.3) is 10.9 Å². The number of fused-ring (bicyclic) bond motifs is 1. The van der Waals surface area contributed by atoms with Gasteiger partial charge in [-0.2, -0.15) is 0 Å². The molecule has 0 saturated carbocycles. The summed E-state index contributed by atoms with van der Waals surface area (Å²) in [6, 6.07) is 17.6. The molecule has 0 spiro atoms. The Labute approximate surface area is 186 Å². The summed E-state index contributed by atoms with van der Waals surface area (Å²) in [7, 11) is 2.10. The lowest BCUT2D eigenvalue weighted by Gasteiger charge is -2.19. The summed E-state index contributed by atoms with van der Waals surface area (Å²) >= 11 is 0. The molecule has 0 radical (unpaired) electrons. The van der Waals surface area contributed by atoms with Crippen molar-refractivity contribution < 1.29 is 4.79 Å². The summed E-state index contributed by atoms with van der Waals surface area (Å²) in [5.74, 6) is -0.125. The van der Waals surface area contributed by atoms with Crippen LogP contribution in [-0.2, 0) is 0 Å². The summed E-state index contributed by atoms with van der Waals surface area (Å²) in [5.41, 5.74) is 3.38. The molecule has 1 amide bonds. The van der Waals surface area contributed by atoms with Crippen molar-refractivity contribution in [3.8, 4) is 0 Å². The third-order valence-electron chi connectivity index (χ3n) is 5.42. The number of aromatic nitrogens is 1. The molecular formula is C27H33N3O. The molecule has 0 saturated heterocycles. The van der Waals surface area contributed by atoms with Crippen molar-refractivity contribution >= 4 is 28.2 Å². The minimum Gasteiger partial charge on any atom is -0.375 e. The molecule has 0 fully saturated rings. The Bertz CT molecular complexity index is 995. The van der Waals surface area contributed by atoms with Gasteiger partial charge in [0.25, 0.3) is 5.91 Å². The van der Waals surface area contributed by atoms with Crippen molar-refractivity contribution in [1.82, 2.24) is 4.98 Å². The van der Waals surface area contributed by atoms with Crippen LogP contribution < -0.4 is 10.2 Å². The molecule has 3 aromatic rings. The third-order valence-corrected chi connectivity index (χ3v) is 5.42. The van der Waals surface area contributed by atoms with E-state index in [9.17, 15) is 4.79 Å². The number of hydrogen-bond donors (Lipinski definition) is 1. The SMILES string of the molecule is CCCCC/C=C/CCCN(C)c1ccc(C(=O)Nc2cnc3ccccc3c2)cc1. The van der Waals surface area contributed by atoms with Crippen LogP contribution in [0.1, 0.15) is 55.8 Å². The van der Waals surface area contributed by atoms with Crippen LogP contribution in [0.4, 0.5) is 11.4 Å². The van der Waals surface area contributed by atoms with E-state index in [1.165, 1.54) is 25.7 Å². The van der Waals surface area contributed by atoms with Crippen LogP contribution in [-0.4, -0.2) is 24.5 Å². The van der Waals surface area contributed by atoms with E-state index in [4.69, 9.17) is 0 Å². The molecule has 162 valence electrons. The van der Waals surface area contributed by atoms with Crippen LogP contribution in [0.5, 0.6) is 0 Å². The van der Waals surface area contributed by atoms with Crippen molar-refractivity contribution in [3.05, 3.63) is 78.5 Å². The van der Waals surface area contributed by atoms with E-state index in [2.05, 4.69) is 41.3 Å². The van der Waals surface area contributed by atoms with Crippen molar-refractivity contribution in [1.29, 1.82) is 0 Å². The lowest BCUT2D eigenvalue weighted by Crippen LogP contribution is -2.18. The molecule has 0 aliphatic heterocycles. The molecule has 0 aliphatic rings. The summed E-state index contributed by atoms with van der Waals surface area (Å²) in [5, 5.41) is 3.95. The van der Waals surface area contributed by atoms with E-state index < -0.39 is 0 Å². The second kappa shape index (κ2) is 11.9. The van der Waals surface area contributed by atoms with Crippen LogP contribution >= 0.6 is 0 Å². The zero-order valence-electron chi connectivity index (χ0n) is 18.7. The van der Waals surface area contributed by atoms with E-state index >= 15 is 0 Å². The Morgan fingerprint density at radius 2 is 1.74 bits per heavy atom. The number of nitrogens with zero attached hydrogens (tertiary/aromatic N) is 2. The maximum absolute atomic E-state index is 12.6. The first-order chi connectivity index (χ1) is 15.2. The van der Waals surface area contributed by atoms with E-state index in [0.29, 0.717) is 11.3 Å². The minimum absolute atomic E-state index is 0.125. The van der Waals surface area contributed by atoms with Crippen LogP contribution in [0, 0.1) is 0 Å². The standard InChI is InChI=1S/C27H33N3O/c1-3-4-5-6-7-8-9-12-19-30(2)25-17-15-22(16-18-25)27(31)29-24-20-23-13-10-11-14-26(23)28-21-24/h7-8,10-11,13-18,20-21H,3-6,9,12,19H2,1-2H3,(H,29,31)/b8-7+. The van der Waals surface area contributed by atoms with E-state index in [-0.39, 0.29) is 5.91 Å². The maximum atomic E-state index is 12.6. The number of para-hydroxylation sites is 1. The topological polar surface area (TPSA) is 45.2 Å². The molecule has 31 heavy (non-hydrogen) atoms. The van der Waals surface area contributed by atoms with Crippen molar-refractivity contribution in [2.45, 2.75) is 45.4 Å². The number of anilines is 2.